The summed E-state index contributed by atoms with van der Waals surface area (Å²) in [7, 11) is 0. The van der Waals surface area contributed by atoms with E-state index in [2.05, 4.69) is 10.3 Å². The fourth-order valence-electron chi connectivity index (χ4n) is 1.49. The lowest BCUT2D eigenvalue weighted by molar-refractivity contribution is -0.142. The Morgan fingerprint density at radius 2 is 2.00 bits per heavy atom. The minimum absolute atomic E-state index is 0.142. The maximum Gasteiger partial charge on any atom is 0.315 e. The van der Waals surface area contributed by atoms with E-state index < -0.39 is 34.5 Å². The van der Waals surface area contributed by atoms with E-state index in [-0.39, 0.29) is 10.8 Å². The summed E-state index contributed by atoms with van der Waals surface area (Å²) < 4.78 is 39.7. The van der Waals surface area contributed by atoms with Crippen LogP contribution in [0, 0.1) is 17.5 Å². The van der Waals surface area contributed by atoms with Gasteiger partial charge in [0.05, 0.1) is 11.4 Å². The van der Waals surface area contributed by atoms with Gasteiger partial charge in [0.15, 0.2) is 16.8 Å². The van der Waals surface area contributed by atoms with E-state index in [4.69, 9.17) is 5.11 Å². The SMILES string of the molecule is CC(C)(C(=O)O)c1csc(Nc2cc(F)cc(F)c2F)n1. The maximum atomic E-state index is 13.5. The lowest BCUT2D eigenvalue weighted by Gasteiger charge is -2.15. The number of benzene rings is 1. The molecule has 0 spiro atoms. The molecule has 0 radical (unpaired) electrons. The first-order valence-electron chi connectivity index (χ1n) is 5.83. The van der Waals surface area contributed by atoms with Crippen molar-refractivity contribution in [3.8, 4) is 0 Å². The minimum atomic E-state index is -1.32. The highest BCUT2D eigenvalue weighted by atomic mass is 32.1. The van der Waals surface area contributed by atoms with Crippen LogP contribution in [0.25, 0.3) is 0 Å². The molecule has 1 aromatic heterocycles. The Balaban J connectivity index is 2.31. The molecule has 0 atom stereocenters. The molecule has 1 heterocycles. The molecule has 0 saturated carbocycles. The summed E-state index contributed by atoms with van der Waals surface area (Å²) in [6.07, 6.45) is 0. The molecule has 2 N–H and O–H groups in total. The molecule has 2 aromatic rings. The number of thiazole rings is 1. The third-order valence-electron chi connectivity index (χ3n) is 2.91. The number of hydrogen-bond acceptors (Lipinski definition) is 4. The molecule has 0 fully saturated rings. The number of carbonyl (C=O) groups is 1. The normalized spacial score (nSPS) is 11.5. The van der Waals surface area contributed by atoms with E-state index in [0.29, 0.717) is 6.07 Å². The van der Waals surface area contributed by atoms with Gasteiger partial charge in [-0.25, -0.2) is 18.2 Å². The molecule has 0 aliphatic heterocycles. The number of anilines is 2. The number of carboxylic acids is 1. The number of nitrogens with zero attached hydrogens (tertiary/aromatic N) is 1. The van der Waals surface area contributed by atoms with E-state index in [9.17, 15) is 18.0 Å². The molecule has 0 unspecified atom stereocenters. The molecular weight excluding hydrogens is 305 g/mol. The smallest absolute Gasteiger partial charge is 0.315 e. The van der Waals surface area contributed by atoms with Crippen molar-refractivity contribution < 1.29 is 23.1 Å². The largest absolute Gasteiger partial charge is 0.481 e. The summed E-state index contributed by atoms with van der Waals surface area (Å²) in [6.45, 7) is 2.94. The molecule has 0 bridgehead atoms. The van der Waals surface area contributed by atoms with Crippen LogP contribution in [-0.2, 0) is 10.2 Å². The number of carboxylic acid groups (broad SMARTS) is 1. The number of rotatable bonds is 4. The van der Waals surface area contributed by atoms with Crippen LogP contribution in [0.5, 0.6) is 0 Å². The highest BCUT2D eigenvalue weighted by molar-refractivity contribution is 7.13. The van der Waals surface area contributed by atoms with Gasteiger partial charge in [0, 0.05) is 17.5 Å². The van der Waals surface area contributed by atoms with E-state index >= 15 is 0 Å². The molecule has 8 heteroatoms. The molecule has 2 rings (SSSR count). The van der Waals surface area contributed by atoms with Crippen molar-refractivity contribution in [2.45, 2.75) is 19.3 Å². The van der Waals surface area contributed by atoms with Crippen molar-refractivity contribution >= 4 is 28.1 Å². The van der Waals surface area contributed by atoms with E-state index in [0.717, 1.165) is 17.4 Å². The van der Waals surface area contributed by atoms with Crippen LogP contribution in [0.3, 0.4) is 0 Å². The van der Waals surface area contributed by atoms with Gasteiger partial charge in [0.1, 0.15) is 11.2 Å². The third kappa shape index (κ3) is 2.99. The quantitative estimate of drug-likeness (QED) is 0.845. The van der Waals surface area contributed by atoms with Crippen LogP contribution in [-0.4, -0.2) is 16.1 Å². The van der Waals surface area contributed by atoms with Crippen molar-refractivity contribution in [2.75, 3.05) is 5.32 Å². The molecule has 1 aromatic carbocycles. The Hall–Kier alpha value is -2.09. The minimum Gasteiger partial charge on any atom is -0.481 e. The topological polar surface area (TPSA) is 62.2 Å². The zero-order valence-corrected chi connectivity index (χ0v) is 11.9. The van der Waals surface area contributed by atoms with Crippen LogP contribution in [0.1, 0.15) is 19.5 Å². The zero-order valence-electron chi connectivity index (χ0n) is 11.1. The van der Waals surface area contributed by atoms with E-state index in [1.807, 2.05) is 0 Å². The summed E-state index contributed by atoms with van der Waals surface area (Å²) in [5.41, 5.74) is -1.36. The Kier molecular flexibility index (Phi) is 3.91. The van der Waals surface area contributed by atoms with Gasteiger partial charge in [-0.05, 0) is 13.8 Å². The molecule has 21 heavy (non-hydrogen) atoms. The second kappa shape index (κ2) is 5.36. The van der Waals surface area contributed by atoms with Gasteiger partial charge in [-0.3, -0.25) is 4.79 Å². The number of aromatic nitrogens is 1. The molecular formula is C13H11F3N2O2S. The zero-order chi connectivity index (χ0) is 15.8. The van der Waals surface area contributed by atoms with E-state index in [1.54, 1.807) is 0 Å². The first-order chi connectivity index (χ1) is 9.71. The van der Waals surface area contributed by atoms with Gasteiger partial charge in [-0.15, -0.1) is 11.3 Å². The average molecular weight is 316 g/mol. The summed E-state index contributed by atoms with van der Waals surface area (Å²) >= 11 is 1.01. The Morgan fingerprint density at radius 1 is 1.33 bits per heavy atom. The first-order valence-corrected chi connectivity index (χ1v) is 6.70. The number of nitrogens with one attached hydrogen (secondary N) is 1. The fraction of sp³-hybridized carbons (Fsp3) is 0.231. The highest BCUT2D eigenvalue weighted by Crippen LogP contribution is 2.30. The van der Waals surface area contributed by atoms with Crippen molar-refractivity contribution in [1.29, 1.82) is 0 Å². The first kappa shape index (κ1) is 15.3. The molecule has 112 valence electrons. The number of halogens is 3. The molecule has 0 aliphatic rings. The Bertz CT molecular complexity index is 701. The molecule has 0 saturated heterocycles. The molecule has 0 aliphatic carbocycles. The van der Waals surface area contributed by atoms with Gasteiger partial charge in [-0.2, -0.15) is 0 Å². The molecule has 4 nitrogen and oxygen atoms in total. The predicted octanol–water partition coefficient (Wildman–Crippen LogP) is 3.67. The summed E-state index contributed by atoms with van der Waals surface area (Å²) in [6, 6.07) is 1.23. The number of aliphatic carboxylic acids is 1. The van der Waals surface area contributed by atoms with Crippen LogP contribution in [0.2, 0.25) is 0 Å². The Morgan fingerprint density at radius 3 is 2.62 bits per heavy atom. The van der Waals surface area contributed by atoms with Gasteiger partial charge >= 0.3 is 5.97 Å². The van der Waals surface area contributed by atoms with E-state index in [1.165, 1.54) is 19.2 Å². The van der Waals surface area contributed by atoms with Gasteiger partial charge in [-0.1, -0.05) is 0 Å². The summed E-state index contributed by atoms with van der Waals surface area (Å²) in [4.78, 5) is 15.1. The van der Waals surface area contributed by atoms with Crippen LogP contribution >= 0.6 is 11.3 Å². The maximum absolute atomic E-state index is 13.5. The highest BCUT2D eigenvalue weighted by Gasteiger charge is 2.32. The van der Waals surface area contributed by atoms with Gasteiger partial charge < -0.3 is 10.4 Å². The van der Waals surface area contributed by atoms with Gasteiger partial charge in [0.2, 0.25) is 0 Å². The second-order valence-corrected chi connectivity index (χ2v) is 5.70. The predicted molar refractivity (Wildman–Crippen MR) is 72.4 cm³/mol. The number of hydrogen-bond donors (Lipinski definition) is 2. The standard InChI is InChI=1S/C13H11F3N2O2S/c1-13(2,11(19)20)9-5-21-12(18-9)17-8-4-6(14)3-7(15)10(8)16/h3-5H,1-2H3,(H,17,18)(H,19,20). The fourth-order valence-corrected chi connectivity index (χ4v) is 2.38. The summed E-state index contributed by atoms with van der Waals surface area (Å²) in [5, 5.41) is 13.2. The van der Waals surface area contributed by atoms with Crippen LogP contribution < -0.4 is 5.32 Å². The monoisotopic (exact) mass is 316 g/mol. The molecule has 0 amide bonds. The van der Waals surface area contributed by atoms with Crippen molar-refractivity contribution in [1.82, 2.24) is 4.98 Å². The Labute approximate surface area is 122 Å². The van der Waals surface area contributed by atoms with Gasteiger partial charge in [0.25, 0.3) is 0 Å². The average Bonchev–Trinajstić information content (AvgIpc) is 2.84. The summed E-state index contributed by atoms with van der Waals surface area (Å²) in [5.74, 6) is -4.55. The lowest BCUT2D eigenvalue weighted by Crippen LogP contribution is -2.28. The van der Waals surface area contributed by atoms with Crippen molar-refractivity contribution in [3.63, 3.8) is 0 Å². The van der Waals surface area contributed by atoms with Crippen molar-refractivity contribution in [2.24, 2.45) is 0 Å². The van der Waals surface area contributed by atoms with Crippen molar-refractivity contribution in [3.05, 3.63) is 40.7 Å². The lowest BCUT2D eigenvalue weighted by atomic mass is 9.90. The van der Waals surface area contributed by atoms with Crippen LogP contribution in [0.4, 0.5) is 24.0 Å². The second-order valence-electron chi connectivity index (χ2n) is 4.84. The third-order valence-corrected chi connectivity index (χ3v) is 3.67. The van der Waals surface area contributed by atoms with Crippen LogP contribution in [0.15, 0.2) is 17.5 Å².